The molecule has 3 atom stereocenters. The number of ether oxygens (including phenoxy) is 2. The number of carbonyl (C=O) groups excluding carboxylic acids is 3. The number of carbonyl (C=O) groups is 3. The standard InChI is InChI=1S/C52H57F3N6O5S/c1-52(54,55)44-28-36(53)7-14-42(44)49-48(43-16-13-40(65-2)29-46(43)67-49)66-39-11-8-37(9-12-39)59-23-19-57(20-24-59)30-33-5-3-4-6-34(33)31-58-21-25-60(26-22-58)38-10-15-41-35(27-38)32-61(51(41)64)45-17-18-47(62)56-50(45)63/h7-16,27-29,33-34,45H,3-6,17-26,30-32H2,1-2H3,(H,56,62,63)/t33-,34-,45?/m0/s1. The molecule has 1 aromatic heterocycles. The van der Waals surface area contributed by atoms with Crippen LogP contribution in [0.15, 0.2) is 78.9 Å². The summed E-state index contributed by atoms with van der Waals surface area (Å²) in [7, 11) is 1.58. The fraction of sp³-hybridized carbons (Fsp3) is 0.442. The number of imide groups is 1. The van der Waals surface area contributed by atoms with E-state index in [4.69, 9.17) is 9.47 Å². The van der Waals surface area contributed by atoms with Crippen LogP contribution in [-0.2, 0) is 22.1 Å². The Hall–Kier alpha value is -5.64. The number of hydrogen-bond donors (Lipinski definition) is 1. The first-order chi connectivity index (χ1) is 32.4. The number of nitrogens with zero attached hydrogens (tertiary/aromatic N) is 5. The highest BCUT2D eigenvalue weighted by Crippen LogP contribution is 2.50. The Morgan fingerprint density at radius 3 is 2.00 bits per heavy atom. The summed E-state index contributed by atoms with van der Waals surface area (Å²) in [5.41, 5.74) is 3.65. The Bertz CT molecular complexity index is 2660. The number of thiophene rings is 1. The minimum Gasteiger partial charge on any atom is -0.497 e. The summed E-state index contributed by atoms with van der Waals surface area (Å²) in [5, 5.41) is 3.15. The van der Waals surface area contributed by atoms with E-state index in [2.05, 4.69) is 43.1 Å². The van der Waals surface area contributed by atoms with Gasteiger partial charge in [0.2, 0.25) is 11.8 Å². The quantitative estimate of drug-likeness (QED) is 0.123. The molecule has 10 rings (SSSR count). The predicted octanol–water partition coefficient (Wildman–Crippen LogP) is 9.13. The first-order valence-electron chi connectivity index (χ1n) is 23.7. The van der Waals surface area contributed by atoms with Gasteiger partial charge in [-0.3, -0.25) is 29.5 Å². The summed E-state index contributed by atoms with van der Waals surface area (Å²) in [4.78, 5) is 49.7. The number of alkyl halides is 2. The third-order valence-electron chi connectivity index (χ3n) is 14.6. The average Bonchev–Trinajstić information content (AvgIpc) is 3.85. The zero-order valence-electron chi connectivity index (χ0n) is 38.1. The van der Waals surface area contributed by atoms with Gasteiger partial charge in [0.05, 0.1) is 12.0 Å². The van der Waals surface area contributed by atoms with Crippen LogP contribution in [0.25, 0.3) is 20.5 Å². The van der Waals surface area contributed by atoms with Crippen LogP contribution in [0.5, 0.6) is 17.2 Å². The van der Waals surface area contributed by atoms with Crippen molar-refractivity contribution in [3.8, 4) is 27.7 Å². The van der Waals surface area contributed by atoms with E-state index < -0.39 is 23.3 Å². The van der Waals surface area contributed by atoms with Gasteiger partial charge in [0.25, 0.3) is 11.8 Å². The summed E-state index contributed by atoms with van der Waals surface area (Å²) < 4.78 is 56.8. The summed E-state index contributed by atoms with van der Waals surface area (Å²) in [6.07, 6.45) is 5.73. The van der Waals surface area contributed by atoms with Gasteiger partial charge in [-0.2, -0.15) is 0 Å². The molecular formula is C52H57F3N6O5S. The maximum atomic E-state index is 14.9. The molecule has 352 valence electrons. The summed E-state index contributed by atoms with van der Waals surface area (Å²) in [6.45, 7) is 11.1. The molecule has 4 fully saturated rings. The Labute approximate surface area is 393 Å². The molecule has 0 bridgehead atoms. The van der Waals surface area contributed by atoms with Crippen molar-refractivity contribution < 1.29 is 37.0 Å². The number of anilines is 2. The fourth-order valence-corrected chi connectivity index (χ4v) is 12.1. The number of piperazine rings is 2. The van der Waals surface area contributed by atoms with E-state index in [1.165, 1.54) is 49.2 Å². The number of hydrogen-bond acceptors (Lipinski definition) is 10. The predicted molar refractivity (Wildman–Crippen MR) is 255 cm³/mol. The number of halogens is 3. The molecule has 15 heteroatoms. The second-order valence-electron chi connectivity index (χ2n) is 18.9. The van der Waals surface area contributed by atoms with Gasteiger partial charge in [0, 0.05) is 123 Å². The number of benzene rings is 4. The van der Waals surface area contributed by atoms with Gasteiger partial charge in [-0.15, -0.1) is 11.3 Å². The third-order valence-corrected chi connectivity index (χ3v) is 15.8. The van der Waals surface area contributed by atoms with Crippen molar-refractivity contribution in [3.05, 3.63) is 101 Å². The number of rotatable bonds is 12. The Morgan fingerprint density at radius 2 is 1.36 bits per heavy atom. The molecule has 1 aliphatic carbocycles. The number of amides is 3. The van der Waals surface area contributed by atoms with Gasteiger partial charge in [-0.05, 0) is 109 Å². The van der Waals surface area contributed by atoms with E-state index >= 15 is 0 Å². The fourth-order valence-electron chi connectivity index (χ4n) is 10.9. The average molecular weight is 935 g/mol. The first kappa shape index (κ1) is 45.2. The van der Waals surface area contributed by atoms with Crippen LogP contribution in [0.2, 0.25) is 0 Å². The van der Waals surface area contributed by atoms with Gasteiger partial charge in [-0.25, -0.2) is 13.2 Å². The van der Waals surface area contributed by atoms with Crippen LogP contribution in [0.4, 0.5) is 24.5 Å². The maximum Gasteiger partial charge on any atom is 0.271 e. The molecule has 1 N–H and O–H groups in total. The second kappa shape index (κ2) is 18.8. The lowest BCUT2D eigenvalue weighted by Crippen LogP contribution is -2.52. The van der Waals surface area contributed by atoms with Crippen molar-refractivity contribution in [1.29, 1.82) is 0 Å². The lowest BCUT2D eigenvalue weighted by molar-refractivity contribution is -0.136. The number of methoxy groups -OCH3 is 1. The highest BCUT2D eigenvalue weighted by Gasteiger charge is 2.40. The van der Waals surface area contributed by atoms with E-state index in [1.807, 2.05) is 42.5 Å². The largest absolute Gasteiger partial charge is 0.497 e. The Morgan fingerprint density at radius 1 is 0.731 bits per heavy atom. The third kappa shape index (κ3) is 9.47. The molecule has 3 saturated heterocycles. The minimum atomic E-state index is -3.27. The molecular weight excluding hydrogens is 878 g/mol. The van der Waals surface area contributed by atoms with Gasteiger partial charge >= 0.3 is 0 Å². The normalized spacial score (nSPS) is 22.1. The molecule has 67 heavy (non-hydrogen) atoms. The van der Waals surface area contributed by atoms with Crippen molar-refractivity contribution in [2.24, 2.45) is 11.8 Å². The van der Waals surface area contributed by atoms with Crippen molar-refractivity contribution >= 4 is 50.5 Å². The second-order valence-corrected chi connectivity index (χ2v) is 20.0. The number of piperidine rings is 1. The zero-order valence-corrected chi connectivity index (χ0v) is 38.9. The Balaban J connectivity index is 0.727. The molecule has 4 aliphatic heterocycles. The number of nitrogens with one attached hydrogen (secondary N) is 1. The van der Waals surface area contributed by atoms with Gasteiger partial charge in [-0.1, -0.05) is 18.9 Å². The molecule has 0 radical (unpaired) electrons. The highest BCUT2D eigenvalue weighted by atomic mass is 32.1. The van der Waals surface area contributed by atoms with Crippen molar-refractivity contribution in [1.82, 2.24) is 20.0 Å². The van der Waals surface area contributed by atoms with Crippen molar-refractivity contribution in [2.45, 2.75) is 64.0 Å². The van der Waals surface area contributed by atoms with Crippen LogP contribution in [0, 0.1) is 17.7 Å². The van der Waals surface area contributed by atoms with Crippen molar-refractivity contribution in [3.63, 3.8) is 0 Å². The van der Waals surface area contributed by atoms with Crippen LogP contribution < -0.4 is 24.6 Å². The zero-order chi connectivity index (χ0) is 46.4. The van der Waals surface area contributed by atoms with Crippen LogP contribution in [0.3, 0.4) is 0 Å². The van der Waals surface area contributed by atoms with Gasteiger partial charge in [0.15, 0.2) is 5.75 Å². The molecule has 1 unspecified atom stereocenters. The highest BCUT2D eigenvalue weighted by molar-refractivity contribution is 7.22. The van der Waals surface area contributed by atoms with E-state index in [9.17, 15) is 27.6 Å². The lowest BCUT2D eigenvalue weighted by atomic mass is 9.78. The molecule has 5 aromatic rings. The van der Waals surface area contributed by atoms with Crippen LogP contribution in [0.1, 0.15) is 66.9 Å². The molecule has 3 amide bonds. The lowest BCUT2D eigenvalue weighted by Gasteiger charge is -2.43. The monoisotopic (exact) mass is 934 g/mol. The molecule has 5 aliphatic rings. The maximum absolute atomic E-state index is 14.9. The summed E-state index contributed by atoms with van der Waals surface area (Å²) >= 11 is 1.31. The molecule has 0 spiro atoms. The van der Waals surface area contributed by atoms with E-state index in [-0.39, 0.29) is 29.7 Å². The Kier molecular flexibility index (Phi) is 12.7. The SMILES string of the molecule is COc1ccc2c(Oc3ccc(N4CCN(C[C@@H]5CCCC[C@H]5CN5CCN(c6ccc7c(c6)CN(C6CCC(=O)NC6=O)C7=O)CC5)CC4)cc3)c(-c3ccc(F)cc3C(C)(F)F)sc2c1. The van der Waals surface area contributed by atoms with Crippen LogP contribution >= 0.6 is 11.3 Å². The van der Waals surface area contributed by atoms with Gasteiger partial charge < -0.3 is 24.2 Å². The molecule has 5 heterocycles. The van der Waals surface area contributed by atoms with Crippen LogP contribution in [-0.4, -0.2) is 111 Å². The summed E-state index contributed by atoms with van der Waals surface area (Å²) in [5.74, 6) is -1.78. The number of fused-ring (bicyclic) bond motifs is 2. The smallest absolute Gasteiger partial charge is 0.271 e. The van der Waals surface area contributed by atoms with E-state index in [0.29, 0.717) is 52.5 Å². The minimum absolute atomic E-state index is 0.138. The van der Waals surface area contributed by atoms with E-state index in [0.717, 1.165) is 105 Å². The summed E-state index contributed by atoms with van der Waals surface area (Å²) in [6, 6.07) is 22.5. The molecule has 11 nitrogen and oxygen atoms in total. The van der Waals surface area contributed by atoms with Crippen molar-refractivity contribution in [2.75, 3.05) is 82.4 Å². The van der Waals surface area contributed by atoms with Gasteiger partial charge in [0.1, 0.15) is 23.4 Å². The topological polar surface area (TPSA) is 97.9 Å². The van der Waals surface area contributed by atoms with E-state index in [1.54, 1.807) is 12.0 Å². The molecule has 1 saturated carbocycles. The molecule has 4 aromatic carbocycles. The first-order valence-corrected chi connectivity index (χ1v) is 24.5.